The number of benzene rings is 2. The normalized spacial score (nSPS) is 10.2. The van der Waals surface area contributed by atoms with Crippen LogP contribution in [0.25, 0.3) is 0 Å². The fourth-order valence-corrected chi connectivity index (χ4v) is 2.85. The second-order valence-corrected chi connectivity index (χ2v) is 6.87. The first-order chi connectivity index (χ1) is 13.5. The molecule has 0 aliphatic carbocycles. The lowest BCUT2D eigenvalue weighted by Crippen LogP contribution is -2.11. The third-order valence-corrected chi connectivity index (χ3v) is 4.66. The Kier molecular flexibility index (Phi) is 6.80. The van der Waals surface area contributed by atoms with Crippen LogP contribution < -0.4 is 20.1 Å². The molecule has 3 N–H and O–H groups in total. The summed E-state index contributed by atoms with van der Waals surface area (Å²) < 4.78 is 5.34. The molecule has 28 heavy (non-hydrogen) atoms. The van der Waals surface area contributed by atoms with E-state index < -0.39 is 5.24 Å². The number of nitrogens with one attached hydrogen (secondary N) is 3. The summed E-state index contributed by atoms with van der Waals surface area (Å²) in [4.78, 5) is 20.6. The highest BCUT2D eigenvalue weighted by molar-refractivity contribution is 8.10. The van der Waals surface area contributed by atoms with E-state index in [1.54, 1.807) is 37.4 Å². The van der Waals surface area contributed by atoms with Crippen molar-refractivity contribution in [2.24, 2.45) is 0 Å². The van der Waals surface area contributed by atoms with Gasteiger partial charge in [0.2, 0.25) is 5.95 Å². The van der Waals surface area contributed by atoms with E-state index in [-0.39, 0.29) is 0 Å². The minimum Gasteiger partial charge on any atom is -0.416 e. The maximum Gasteiger partial charge on any atom is 0.322 e. The molecule has 0 aliphatic heterocycles. The van der Waals surface area contributed by atoms with Gasteiger partial charge in [0.1, 0.15) is 11.4 Å². The lowest BCUT2D eigenvalue weighted by molar-refractivity contribution is 0.269. The van der Waals surface area contributed by atoms with Gasteiger partial charge >= 0.3 is 5.24 Å². The Morgan fingerprint density at radius 2 is 1.89 bits per heavy atom. The van der Waals surface area contributed by atoms with E-state index in [9.17, 15) is 4.79 Å². The second kappa shape index (κ2) is 9.50. The maximum atomic E-state index is 12.1. The number of para-hydroxylation sites is 1. The third kappa shape index (κ3) is 5.41. The summed E-state index contributed by atoms with van der Waals surface area (Å²) in [5, 5.41) is 9.09. The molecule has 0 saturated heterocycles. The minimum atomic E-state index is -0.408. The number of hydrogen-bond acceptors (Lipinski definition) is 7. The van der Waals surface area contributed by atoms with Crippen molar-refractivity contribution in [3.05, 3.63) is 64.8 Å². The molecule has 0 bridgehead atoms. The Hall–Kier alpha value is -2.68. The van der Waals surface area contributed by atoms with Gasteiger partial charge in [0.15, 0.2) is 17.9 Å². The molecule has 3 aromatic rings. The monoisotopic (exact) mass is 435 g/mol. The summed E-state index contributed by atoms with van der Waals surface area (Å²) in [7, 11) is 1.69. The van der Waals surface area contributed by atoms with Crippen LogP contribution >= 0.6 is 35.2 Å². The number of halogens is 2. The quantitative estimate of drug-likeness (QED) is 0.419. The molecule has 10 heteroatoms. The molecule has 0 spiro atoms. The summed E-state index contributed by atoms with van der Waals surface area (Å²) in [6.07, 6.45) is 1.49. The fraction of sp³-hybridized carbons (Fsp3) is 0.0556. The molecule has 2 aromatic carbocycles. The van der Waals surface area contributed by atoms with Crippen molar-refractivity contribution in [3.8, 4) is 5.75 Å². The molecule has 0 radical (unpaired) electrons. The van der Waals surface area contributed by atoms with Crippen LogP contribution in [0.3, 0.4) is 0 Å². The number of carbonyl (C=O) groups is 1. The molecule has 3 rings (SSSR count). The molecule has 1 heterocycles. The summed E-state index contributed by atoms with van der Waals surface area (Å²) in [6, 6.07) is 14.1. The molecule has 0 unspecified atom stereocenters. The van der Waals surface area contributed by atoms with E-state index in [1.165, 1.54) is 6.20 Å². The van der Waals surface area contributed by atoms with Crippen molar-refractivity contribution in [1.29, 1.82) is 0 Å². The first kappa shape index (κ1) is 20.1. The Labute approximate surface area is 176 Å². The van der Waals surface area contributed by atoms with Crippen LogP contribution in [0.4, 0.5) is 27.9 Å². The standard InChI is InChI=1S/C18H15Cl2N5O2S/c1-21-16-15(24-18(26)28-27-12-5-3-2-4-6-12)10-22-17(25-16)23-11-7-8-13(19)14(20)9-11/h2-10H,1H3,(H,24,26)(H2,21,22,23,25). The average Bonchev–Trinajstić information content (AvgIpc) is 2.71. The van der Waals surface area contributed by atoms with Gasteiger partial charge in [-0.05, 0) is 30.3 Å². The van der Waals surface area contributed by atoms with Crippen LogP contribution in [0.1, 0.15) is 0 Å². The second-order valence-electron chi connectivity index (χ2n) is 5.35. The molecule has 144 valence electrons. The summed E-state index contributed by atoms with van der Waals surface area (Å²) in [6.45, 7) is 0. The Balaban J connectivity index is 1.65. The number of carbonyl (C=O) groups excluding carboxylic acids is 1. The topological polar surface area (TPSA) is 88.2 Å². The maximum absolute atomic E-state index is 12.1. The Bertz CT molecular complexity index is 975. The molecule has 0 saturated carbocycles. The molecule has 1 aromatic heterocycles. The van der Waals surface area contributed by atoms with Crippen molar-refractivity contribution in [3.63, 3.8) is 0 Å². The highest BCUT2D eigenvalue weighted by atomic mass is 35.5. The predicted octanol–water partition coefficient (Wildman–Crippen LogP) is 5.83. The van der Waals surface area contributed by atoms with E-state index >= 15 is 0 Å². The molecular weight excluding hydrogens is 421 g/mol. The summed E-state index contributed by atoms with van der Waals surface area (Å²) in [5.74, 6) is 1.34. The van der Waals surface area contributed by atoms with E-state index in [4.69, 9.17) is 27.4 Å². The molecular formula is C18H15Cl2N5O2S. The number of amides is 1. The van der Waals surface area contributed by atoms with Crippen LogP contribution in [-0.2, 0) is 0 Å². The van der Waals surface area contributed by atoms with Crippen LogP contribution in [0, 0.1) is 0 Å². The van der Waals surface area contributed by atoms with Gasteiger partial charge in [-0.25, -0.2) is 4.98 Å². The van der Waals surface area contributed by atoms with Gasteiger partial charge < -0.3 is 20.1 Å². The van der Waals surface area contributed by atoms with E-state index in [0.29, 0.717) is 51.0 Å². The lowest BCUT2D eigenvalue weighted by Gasteiger charge is -2.12. The summed E-state index contributed by atoms with van der Waals surface area (Å²) >= 11 is 12.6. The zero-order chi connectivity index (χ0) is 19.9. The van der Waals surface area contributed by atoms with Crippen molar-refractivity contribution < 1.29 is 8.98 Å². The van der Waals surface area contributed by atoms with Crippen molar-refractivity contribution in [2.75, 3.05) is 23.0 Å². The fourth-order valence-electron chi connectivity index (χ4n) is 2.12. The van der Waals surface area contributed by atoms with Gasteiger partial charge in [0.05, 0.1) is 16.2 Å². The number of anilines is 4. The van der Waals surface area contributed by atoms with Gasteiger partial charge in [0.25, 0.3) is 0 Å². The van der Waals surface area contributed by atoms with E-state index in [0.717, 1.165) is 0 Å². The third-order valence-electron chi connectivity index (χ3n) is 3.39. The molecule has 1 amide bonds. The van der Waals surface area contributed by atoms with Gasteiger partial charge in [0, 0.05) is 12.7 Å². The Morgan fingerprint density at radius 3 is 2.61 bits per heavy atom. The number of nitrogens with zero attached hydrogens (tertiary/aromatic N) is 2. The minimum absolute atomic E-state index is 0.328. The number of hydrogen-bond donors (Lipinski definition) is 3. The van der Waals surface area contributed by atoms with Crippen molar-refractivity contribution in [2.45, 2.75) is 0 Å². The average molecular weight is 436 g/mol. The van der Waals surface area contributed by atoms with Crippen molar-refractivity contribution >= 4 is 63.6 Å². The largest absolute Gasteiger partial charge is 0.416 e. The SMILES string of the molecule is CNc1nc(Nc2ccc(Cl)c(Cl)c2)ncc1NC(=O)SOc1ccccc1. The highest BCUT2D eigenvalue weighted by Gasteiger charge is 2.12. The van der Waals surface area contributed by atoms with E-state index in [2.05, 4.69) is 25.9 Å². The van der Waals surface area contributed by atoms with Crippen molar-refractivity contribution in [1.82, 2.24) is 9.97 Å². The van der Waals surface area contributed by atoms with Crippen LogP contribution in [0.5, 0.6) is 5.75 Å². The lowest BCUT2D eigenvalue weighted by atomic mass is 10.3. The van der Waals surface area contributed by atoms with Crippen LogP contribution in [0.15, 0.2) is 54.7 Å². The number of rotatable bonds is 6. The predicted molar refractivity (Wildman–Crippen MR) is 115 cm³/mol. The van der Waals surface area contributed by atoms with Crippen LogP contribution in [0.2, 0.25) is 10.0 Å². The van der Waals surface area contributed by atoms with Gasteiger partial charge in [-0.2, -0.15) is 4.98 Å². The van der Waals surface area contributed by atoms with Gasteiger partial charge in [-0.3, -0.25) is 4.79 Å². The molecule has 7 nitrogen and oxygen atoms in total. The van der Waals surface area contributed by atoms with Crippen LogP contribution in [-0.4, -0.2) is 22.3 Å². The molecule has 0 fully saturated rings. The highest BCUT2D eigenvalue weighted by Crippen LogP contribution is 2.27. The summed E-state index contributed by atoms with van der Waals surface area (Å²) in [5.41, 5.74) is 1.09. The van der Waals surface area contributed by atoms with Gasteiger partial charge in [-0.1, -0.05) is 41.4 Å². The first-order valence-corrected chi connectivity index (χ1v) is 9.52. The smallest absolute Gasteiger partial charge is 0.322 e. The first-order valence-electron chi connectivity index (χ1n) is 8.02. The van der Waals surface area contributed by atoms with E-state index in [1.807, 2.05) is 18.2 Å². The zero-order valence-electron chi connectivity index (χ0n) is 14.6. The zero-order valence-corrected chi connectivity index (χ0v) is 16.9. The Morgan fingerprint density at radius 1 is 1.11 bits per heavy atom. The number of aromatic nitrogens is 2. The molecule has 0 aliphatic rings. The van der Waals surface area contributed by atoms with Gasteiger partial charge in [-0.15, -0.1) is 0 Å². The molecule has 0 atom stereocenters.